The molecule has 0 amide bonds. The number of hydrogen-bond donors (Lipinski definition) is 1. The molecule has 0 saturated carbocycles. The Hall–Kier alpha value is -1.64. The maximum atomic E-state index is 12.4. The average Bonchev–Trinajstić information content (AvgIpc) is 2.22. The minimum Gasteiger partial charge on any atom is -0.478 e. The zero-order valence-electron chi connectivity index (χ0n) is 11.4. The van der Waals surface area contributed by atoms with Crippen LogP contribution in [0.4, 0.5) is 0 Å². The Morgan fingerprint density at radius 1 is 1.39 bits per heavy atom. The molecule has 0 aromatic carbocycles. The number of hydrogen-bond acceptors (Lipinski definition) is 2. The molecule has 3 heteroatoms. The van der Waals surface area contributed by atoms with Crippen LogP contribution >= 0.6 is 0 Å². The monoisotopic (exact) mass is 248 g/mol. The minimum absolute atomic E-state index is 0.164. The van der Waals surface area contributed by atoms with Gasteiger partial charge in [0.05, 0.1) is 5.41 Å². The van der Waals surface area contributed by atoms with E-state index in [0.29, 0.717) is 5.57 Å². The molecule has 1 unspecified atom stereocenters. The van der Waals surface area contributed by atoms with Crippen LogP contribution in [0.25, 0.3) is 0 Å². The first-order chi connectivity index (χ1) is 8.17. The van der Waals surface area contributed by atoms with Gasteiger partial charge >= 0.3 is 5.97 Å². The average molecular weight is 248 g/mol. The molecule has 3 nitrogen and oxygen atoms in total. The summed E-state index contributed by atoms with van der Waals surface area (Å²) in [6, 6.07) is 0. The van der Waals surface area contributed by atoms with E-state index in [1.807, 2.05) is 32.9 Å². The van der Waals surface area contributed by atoms with Crippen LogP contribution in [-0.2, 0) is 9.59 Å². The summed E-state index contributed by atoms with van der Waals surface area (Å²) in [5, 5.41) is 8.63. The van der Waals surface area contributed by atoms with E-state index in [2.05, 4.69) is 0 Å². The molecule has 1 rings (SSSR count). The van der Waals surface area contributed by atoms with Crippen molar-refractivity contribution in [1.82, 2.24) is 0 Å². The van der Waals surface area contributed by atoms with Crippen molar-refractivity contribution in [2.75, 3.05) is 0 Å². The van der Waals surface area contributed by atoms with E-state index in [0.717, 1.165) is 12.5 Å². The highest BCUT2D eigenvalue weighted by molar-refractivity contribution is 5.94. The molecule has 1 N–H and O–H groups in total. The van der Waals surface area contributed by atoms with E-state index in [1.54, 1.807) is 19.1 Å². The van der Waals surface area contributed by atoms with Crippen LogP contribution in [0.5, 0.6) is 0 Å². The van der Waals surface area contributed by atoms with E-state index in [4.69, 9.17) is 5.11 Å². The fourth-order valence-electron chi connectivity index (χ4n) is 2.17. The lowest BCUT2D eigenvalue weighted by atomic mass is 9.67. The third-order valence-corrected chi connectivity index (χ3v) is 3.24. The molecular weight excluding hydrogens is 228 g/mol. The van der Waals surface area contributed by atoms with Crippen LogP contribution in [0, 0.1) is 10.8 Å². The van der Waals surface area contributed by atoms with Gasteiger partial charge in [0.1, 0.15) is 0 Å². The van der Waals surface area contributed by atoms with Crippen LogP contribution < -0.4 is 0 Å². The van der Waals surface area contributed by atoms with Gasteiger partial charge in [0.2, 0.25) is 0 Å². The van der Waals surface area contributed by atoms with Gasteiger partial charge in [-0.05, 0) is 25.8 Å². The third kappa shape index (κ3) is 3.19. The van der Waals surface area contributed by atoms with Crippen molar-refractivity contribution < 1.29 is 14.7 Å². The molecule has 0 fully saturated rings. The zero-order valence-corrected chi connectivity index (χ0v) is 11.4. The molecule has 0 radical (unpaired) electrons. The highest BCUT2D eigenvalue weighted by Gasteiger charge is 2.40. The van der Waals surface area contributed by atoms with Gasteiger partial charge in [-0.3, -0.25) is 4.79 Å². The summed E-state index contributed by atoms with van der Waals surface area (Å²) >= 11 is 0. The Bertz CT molecular complexity index is 452. The summed E-state index contributed by atoms with van der Waals surface area (Å²) in [5.74, 6) is -0.815. The van der Waals surface area contributed by atoms with Gasteiger partial charge in [-0.2, -0.15) is 0 Å². The number of rotatable bonds is 3. The molecular formula is C15H20O3. The van der Waals surface area contributed by atoms with Crippen LogP contribution in [-0.4, -0.2) is 16.9 Å². The molecule has 1 aliphatic rings. The van der Waals surface area contributed by atoms with Gasteiger partial charge in [0.25, 0.3) is 0 Å². The first-order valence-corrected chi connectivity index (χ1v) is 6.00. The van der Waals surface area contributed by atoms with Gasteiger partial charge in [-0.1, -0.05) is 38.2 Å². The number of carbonyl (C=O) groups is 2. The fourth-order valence-corrected chi connectivity index (χ4v) is 2.17. The topological polar surface area (TPSA) is 54.4 Å². The third-order valence-electron chi connectivity index (χ3n) is 3.24. The van der Waals surface area contributed by atoms with E-state index in [9.17, 15) is 9.59 Å². The lowest BCUT2D eigenvalue weighted by Gasteiger charge is -2.35. The summed E-state index contributed by atoms with van der Waals surface area (Å²) in [6.45, 7) is 7.43. The number of carboxylic acid groups (broad SMARTS) is 1. The number of Topliss-reactive ketones (excluding diaryl/α,β-unsaturated/α-hetero) is 1. The van der Waals surface area contributed by atoms with E-state index in [-0.39, 0.29) is 11.2 Å². The number of ketones is 1. The number of aliphatic carboxylic acids is 1. The van der Waals surface area contributed by atoms with Gasteiger partial charge in [-0.25, -0.2) is 4.79 Å². The number of allylic oxidation sites excluding steroid dienone is 5. The smallest absolute Gasteiger partial charge is 0.328 e. The summed E-state index contributed by atoms with van der Waals surface area (Å²) in [7, 11) is 0. The highest BCUT2D eigenvalue weighted by Crippen LogP contribution is 2.39. The Kier molecular flexibility index (Phi) is 3.95. The SMILES string of the molecule is CC(=C/C(=O)O)/C=C/C1(C)C=CCC(C)(C)C1=O. The van der Waals surface area contributed by atoms with Gasteiger partial charge in [0.15, 0.2) is 5.78 Å². The molecule has 0 aromatic heterocycles. The fraction of sp³-hybridized carbons (Fsp3) is 0.467. The van der Waals surface area contributed by atoms with Crippen LogP contribution in [0.1, 0.15) is 34.1 Å². The molecule has 0 saturated heterocycles. The molecule has 1 atom stereocenters. The second-order valence-corrected chi connectivity index (χ2v) is 5.66. The van der Waals surface area contributed by atoms with Crippen molar-refractivity contribution in [1.29, 1.82) is 0 Å². The summed E-state index contributed by atoms with van der Waals surface area (Å²) in [6.07, 6.45) is 9.26. The van der Waals surface area contributed by atoms with E-state index >= 15 is 0 Å². The van der Waals surface area contributed by atoms with Crippen molar-refractivity contribution in [3.8, 4) is 0 Å². The van der Waals surface area contributed by atoms with E-state index < -0.39 is 11.4 Å². The second-order valence-electron chi connectivity index (χ2n) is 5.66. The van der Waals surface area contributed by atoms with E-state index in [1.165, 1.54) is 0 Å². The predicted molar refractivity (Wildman–Crippen MR) is 71.2 cm³/mol. The molecule has 0 bridgehead atoms. The highest BCUT2D eigenvalue weighted by atomic mass is 16.4. The van der Waals surface area contributed by atoms with Gasteiger partial charge < -0.3 is 5.11 Å². The van der Waals surface area contributed by atoms with Crippen LogP contribution in [0.3, 0.4) is 0 Å². The first-order valence-electron chi connectivity index (χ1n) is 6.00. The van der Waals surface area contributed by atoms with Crippen molar-refractivity contribution >= 4 is 11.8 Å². The Labute approximate surface area is 108 Å². The van der Waals surface area contributed by atoms with Crippen molar-refractivity contribution in [3.05, 3.63) is 36.0 Å². The van der Waals surface area contributed by atoms with Crippen molar-refractivity contribution in [3.63, 3.8) is 0 Å². The van der Waals surface area contributed by atoms with Gasteiger partial charge in [-0.15, -0.1) is 0 Å². The standard InChI is InChI=1S/C15H20O3/c1-11(10-12(16)17)6-9-15(4)8-5-7-14(2,3)13(15)18/h5-6,8-10H,7H2,1-4H3,(H,16,17)/b9-6+,11-10-. The van der Waals surface area contributed by atoms with Crippen molar-refractivity contribution in [2.45, 2.75) is 34.1 Å². The normalized spacial score (nSPS) is 27.8. The number of carbonyl (C=O) groups excluding carboxylic acids is 1. The van der Waals surface area contributed by atoms with Gasteiger partial charge in [0, 0.05) is 11.5 Å². The first kappa shape index (κ1) is 14.4. The van der Waals surface area contributed by atoms with Crippen LogP contribution in [0.15, 0.2) is 36.0 Å². The molecule has 18 heavy (non-hydrogen) atoms. The molecule has 0 spiro atoms. The Morgan fingerprint density at radius 2 is 2.00 bits per heavy atom. The molecule has 1 aliphatic carbocycles. The summed E-state index contributed by atoms with van der Waals surface area (Å²) in [4.78, 5) is 22.9. The summed E-state index contributed by atoms with van der Waals surface area (Å²) < 4.78 is 0. The molecule has 0 aliphatic heterocycles. The largest absolute Gasteiger partial charge is 0.478 e. The molecule has 98 valence electrons. The zero-order chi connectivity index (χ0) is 14.0. The Balaban J connectivity index is 2.99. The number of carboxylic acids is 1. The van der Waals surface area contributed by atoms with Crippen molar-refractivity contribution in [2.24, 2.45) is 10.8 Å². The maximum Gasteiger partial charge on any atom is 0.328 e. The minimum atomic E-state index is -0.979. The summed E-state index contributed by atoms with van der Waals surface area (Å²) in [5.41, 5.74) is -0.388. The predicted octanol–water partition coefficient (Wildman–Crippen LogP) is 3.14. The second kappa shape index (κ2) is 4.92. The lowest BCUT2D eigenvalue weighted by molar-refractivity contribution is -0.133. The maximum absolute atomic E-state index is 12.4. The van der Waals surface area contributed by atoms with Crippen LogP contribution in [0.2, 0.25) is 0 Å². The Morgan fingerprint density at radius 3 is 2.56 bits per heavy atom. The molecule has 0 heterocycles. The lowest BCUT2D eigenvalue weighted by Crippen LogP contribution is -2.38. The molecule has 0 aromatic rings. The quantitative estimate of drug-likeness (QED) is 0.474.